The third kappa shape index (κ3) is 2.91. The number of ketones is 1. The predicted octanol–water partition coefficient (Wildman–Crippen LogP) is 1.21. The lowest BCUT2D eigenvalue weighted by Crippen LogP contribution is -2.44. The molecule has 2 heterocycles. The van der Waals surface area contributed by atoms with Gasteiger partial charge in [-0.15, -0.1) is 0 Å². The highest BCUT2D eigenvalue weighted by Gasteiger charge is 2.33. The average molecular weight is 371 g/mol. The van der Waals surface area contributed by atoms with Gasteiger partial charge in [-0.1, -0.05) is 54.6 Å². The molecule has 3 aromatic rings. The molecule has 2 N–H and O–H groups in total. The van der Waals surface area contributed by atoms with Gasteiger partial charge in [0, 0.05) is 12.6 Å². The second-order valence-corrected chi connectivity index (χ2v) is 6.39. The van der Waals surface area contributed by atoms with Crippen LogP contribution in [0.4, 0.5) is 5.69 Å². The molecule has 1 aliphatic heterocycles. The molecule has 0 spiro atoms. The van der Waals surface area contributed by atoms with E-state index in [-0.39, 0.29) is 16.1 Å². The highest BCUT2D eigenvalue weighted by atomic mass is 16.2. The lowest BCUT2D eigenvalue weighted by Gasteiger charge is -2.25. The average Bonchev–Trinajstić information content (AvgIpc) is 3.08. The van der Waals surface area contributed by atoms with E-state index < -0.39 is 17.2 Å². The first-order chi connectivity index (χ1) is 13.6. The van der Waals surface area contributed by atoms with Crippen LogP contribution in [0.5, 0.6) is 0 Å². The molecule has 6 nitrogen and oxygen atoms in total. The quantitative estimate of drug-likeness (QED) is 0.710. The van der Waals surface area contributed by atoms with Crippen LogP contribution in [0.2, 0.25) is 0 Å². The van der Waals surface area contributed by atoms with Crippen molar-refractivity contribution in [3.63, 3.8) is 0 Å². The van der Waals surface area contributed by atoms with Gasteiger partial charge in [-0.25, -0.2) is 0 Å². The van der Waals surface area contributed by atoms with E-state index in [1.54, 1.807) is 43.5 Å². The third-order valence-corrected chi connectivity index (χ3v) is 4.67. The van der Waals surface area contributed by atoms with Crippen molar-refractivity contribution in [2.75, 3.05) is 11.9 Å². The molecule has 138 valence electrons. The number of benzene rings is 2. The molecule has 0 atom stereocenters. The van der Waals surface area contributed by atoms with E-state index in [0.29, 0.717) is 11.3 Å². The first-order valence-electron chi connectivity index (χ1n) is 8.74. The molecule has 4 rings (SSSR count). The zero-order valence-electron chi connectivity index (χ0n) is 15.1. The number of Topliss-reactive ketones (excluding diaryl/α,β-unsaturated/α-hetero) is 1. The van der Waals surface area contributed by atoms with Gasteiger partial charge in [-0.05, 0) is 23.8 Å². The molecule has 0 bridgehead atoms. The maximum Gasteiger partial charge on any atom is 0.271 e. The Hall–Kier alpha value is -3.93. The summed E-state index contributed by atoms with van der Waals surface area (Å²) in [6, 6.07) is 16.5. The van der Waals surface area contributed by atoms with Crippen molar-refractivity contribution in [2.45, 2.75) is 0 Å². The van der Waals surface area contributed by atoms with Gasteiger partial charge in [0.25, 0.3) is 11.5 Å². The van der Waals surface area contributed by atoms with E-state index in [9.17, 15) is 14.4 Å². The molecule has 0 unspecified atom stereocenters. The van der Waals surface area contributed by atoms with E-state index in [2.05, 4.69) is 10.2 Å². The lowest BCUT2D eigenvalue weighted by molar-refractivity contribution is -0.113. The number of fused-ring (bicyclic) bond motifs is 1. The minimum atomic E-state index is -0.458. The Morgan fingerprint density at radius 3 is 2.39 bits per heavy atom. The Bertz CT molecular complexity index is 1280. The Balaban J connectivity index is 1.91. The second kappa shape index (κ2) is 7.00. The standard InChI is InChI=1S/C22H17N3O3/c1-25-17-13-6-5-11-15(17)20(26)18(22(25)28)19-16(21(27)24-23-19)12-7-10-14-8-3-2-4-9-14/h2-13,23H,1H3,(H,24,27)/b10-7+,16-12-,19-18?. The molecule has 0 radical (unpaired) electrons. The van der Waals surface area contributed by atoms with Crippen molar-refractivity contribution < 1.29 is 9.59 Å². The van der Waals surface area contributed by atoms with Crippen molar-refractivity contribution in [2.24, 2.45) is 0 Å². The summed E-state index contributed by atoms with van der Waals surface area (Å²) >= 11 is 0. The normalized spacial score (nSPS) is 16.8. The van der Waals surface area contributed by atoms with Crippen LogP contribution in [-0.2, 0) is 4.79 Å². The SMILES string of the molecule is CN1C(=O)C(=c2[nH][nH]c(=O)/c2=C\C=C\c2ccccc2)C(=O)c2ccccc21. The fraction of sp³-hybridized carbons (Fsp3) is 0.0455. The minimum Gasteiger partial charge on any atom is -0.310 e. The molecule has 28 heavy (non-hydrogen) atoms. The topological polar surface area (TPSA) is 86.0 Å². The van der Waals surface area contributed by atoms with E-state index in [0.717, 1.165) is 5.56 Å². The van der Waals surface area contributed by atoms with Crippen LogP contribution in [0.3, 0.4) is 0 Å². The van der Waals surface area contributed by atoms with E-state index in [4.69, 9.17) is 0 Å². The fourth-order valence-electron chi connectivity index (χ4n) is 3.23. The van der Waals surface area contributed by atoms with Gasteiger partial charge in [-0.2, -0.15) is 0 Å². The fourth-order valence-corrected chi connectivity index (χ4v) is 3.23. The first kappa shape index (κ1) is 17.5. The molecule has 0 saturated carbocycles. The van der Waals surface area contributed by atoms with E-state index in [1.807, 2.05) is 36.4 Å². The second-order valence-electron chi connectivity index (χ2n) is 6.39. The van der Waals surface area contributed by atoms with E-state index in [1.165, 1.54) is 4.90 Å². The Kier molecular flexibility index (Phi) is 4.37. The van der Waals surface area contributed by atoms with Gasteiger partial charge >= 0.3 is 0 Å². The summed E-state index contributed by atoms with van der Waals surface area (Å²) < 4.78 is 0. The molecule has 1 amide bonds. The first-order valence-corrected chi connectivity index (χ1v) is 8.74. The number of aromatic amines is 2. The number of carbonyl (C=O) groups excluding carboxylic acids is 2. The zero-order valence-corrected chi connectivity index (χ0v) is 15.1. The number of hydrogen-bond donors (Lipinski definition) is 2. The molecule has 2 aromatic carbocycles. The summed E-state index contributed by atoms with van der Waals surface area (Å²) in [6.45, 7) is 0. The largest absolute Gasteiger partial charge is 0.310 e. The number of allylic oxidation sites excluding steroid dienone is 1. The van der Waals surface area contributed by atoms with Crippen LogP contribution < -0.4 is 21.0 Å². The van der Waals surface area contributed by atoms with E-state index >= 15 is 0 Å². The summed E-state index contributed by atoms with van der Waals surface area (Å²) in [7, 11) is 1.61. The van der Waals surface area contributed by atoms with Crippen LogP contribution in [-0.4, -0.2) is 28.9 Å². The Morgan fingerprint density at radius 1 is 0.893 bits per heavy atom. The Labute approximate surface area is 160 Å². The lowest BCUT2D eigenvalue weighted by atomic mass is 9.95. The summed E-state index contributed by atoms with van der Waals surface area (Å²) in [5.74, 6) is -0.865. The van der Waals surface area contributed by atoms with Gasteiger partial charge in [0.05, 0.1) is 16.3 Å². The monoisotopic (exact) mass is 371 g/mol. The zero-order chi connectivity index (χ0) is 19.7. The van der Waals surface area contributed by atoms with Crippen LogP contribution in [0.1, 0.15) is 15.9 Å². The molecule has 6 heteroatoms. The Morgan fingerprint density at radius 2 is 1.61 bits per heavy atom. The molecule has 0 saturated heterocycles. The third-order valence-electron chi connectivity index (χ3n) is 4.67. The predicted molar refractivity (Wildman–Crippen MR) is 108 cm³/mol. The van der Waals surface area contributed by atoms with Gasteiger partial charge in [-0.3, -0.25) is 24.6 Å². The van der Waals surface area contributed by atoms with Crippen LogP contribution in [0.25, 0.3) is 17.7 Å². The summed E-state index contributed by atoms with van der Waals surface area (Å²) in [4.78, 5) is 39.5. The van der Waals surface area contributed by atoms with Crippen molar-refractivity contribution in [3.8, 4) is 0 Å². The number of nitrogens with one attached hydrogen (secondary N) is 2. The molecule has 0 aliphatic carbocycles. The van der Waals surface area contributed by atoms with Crippen LogP contribution in [0.15, 0.2) is 65.5 Å². The van der Waals surface area contributed by atoms with Crippen molar-refractivity contribution in [3.05, 3.63) is 92.7 Å². The number of anilines is 1. The summed E-state index contributed by atoms with van der Waals surface area (Å²) in [6.07, 6.45) is 5.14. The van der Waals surface area contributed by atoms with Crippen molar-refractivity contribution in [1.82, 2.24) is 10.2 Å². The van der Waals surface area contributed by atoms with Gasteiger partial charge in [0.1, 0.15) is 5.57 Å². The molecular formula is C22H17N3O3. The number of carbonyl (C=O) groups is 2. The number of H-pyrrole nitrogens is 2. The molecular weight excluding hydrogens is 354 g/mol. The molecule has 1 aromatic heterocycles. The van der Waals surface area contributed by atoms with Crippen LogP contribution in [0, 0.1) is 0 Å². The van der Waals surface area contributed by atoms with Gasteiger partial charge < -0.3 is 4.90 Å². The molecule has 0 fully saturated rings. The smallest absolute Gasteiger partial charge is 0.271 e. The number of hydrogen-bond acceptors (Lipinski definition) is 3. The number of nitrogens with zero attached hydrogens (tertiary/aromatic N) is 1. The van der Waals surface area contributed by atoms with Crippen molar-refractivity contribution >= 4 is 35.1 Å². The number of aromatic nitrogens is 2. The van der Waals surface area contributed by atoms with Gasteiger partial charge in [0.2, 0.25) is 5.78 Å². The number of amides is 1. The number of rotatable bonds is 2. The maximum atomic E-state index is 13.0. The summed E-state index contributed by atoms with van der Waals surface area (Å²) in [5, 5.41) is 5.60. The van der Waals surface area contributed by atoms with Crippen molar-refractivity contribution in [1.29, 1.82) is 0 Å². The highest BCUT2D eigenvalue weighted by Crippen LogP contribution is 2.28. The highest BCUT2D eigenvalue weighted by molar-refractivity contribution is 6.51. The van der Waals surface area contributed by atoms with Crippen LogP contribution >= 0.6 is 0 Å². The maximum absolute atomic E-state index is 13.0. The van der Waals surface area contributed by atoms with Gasteiger partial charge in [0.15, 0.2) is 0 Å². The number of para-hydroxylation sites is 1. The summed E-state index contributed by atoms with van der Waals surface area (Å²) in [5.41, 5.74) is 1.49. The minimum absolute atomic E-state index is 0.0566. The molecule has 1 aliphatic rings.